The Morgan fingerprint density at radius 3 is 2.54 bits per heavy atom. The fourth-order valence-electron chi connectivity index (χ4n) is 1.33. The molecule has 0 aromatic heterocycles. The number of halogens is 1. The molecule has 0 spiro atoms. The van der Waals surface area contributed by atoms with Crippen LogP contribution in [0.1, 0.15) is 6.42 Å². The molecule has 0 aromatic carbocycles. The van der Waals surface area contributed by atoms with Crippen LogP contribution < -0.4 is 5.32 Å². The smallest absolute Gasteiger partial charge is 0.222 e. The van der Waals surface area contributed by atoms with Gasteiger partial charge in [0.2, 0.25) is 5.91 Å². The topological polar surface area (TPSA) is 52.6 Å². The van der Waals surface area contributed by atoms with Crippen molar-refractivity contribution in [2.75, 3.05) is 27.2 Å². The number of aliphatic hydroxyl groups excluding tert-OH is 1. The van der Waals surface area contributed by atoms with Crippen LogP contribution in [0, 0.1) is 5.92 Å². The van der Waals surface area contributed by atoms with Crippen molar-refractivity contribution in [1.29, 1.82) is 0 Å². The van der Waals surface area contributed by atoms with Gasteiger partial charge in [-0.2, -0.15) is 0 Å². The Labute approximate surface area is 84.7 Å². The van der Waals surface area contributed by atoms with Crippen LogP contribution in [0.3, 0.4) is 0 Å². The van der Waals surface area contributed by atoms with E-state index in [4.69, 9.17) is 0 Å². The number of hydrogen-bond acceptors (Lipinski definition) is 3. The summed E-state index contributed by atoms with van der Waals surface area (Å²) in [5.74, 6) is 0.183. The van der Waals surface area contributed by atoms with Crippen LogP contribution >= 0.6 is 12.4 Å². The van der Waals surface area contributed by atoms with E-state index in [2.05, 4.69) is 5.32 Å². The van der Waals surface area contributed by atoms with Crippen LogP contribution in [0.2, 0.25) is 0 Å². The molecule has 1 fully saturated rings. The van der Waals surface area contributed by atoms with Crippen LogP contribution in [0.4, 0.5) is 0 Å². The van der Waals surface area contributed by atoms with Crippen molar-refractivity contribution in [2.45, 2.75) is 12.5 Å². The zero-order chi connectivity index (χ0) is 9.14. The average molecular weight is 209 g/mol. The normalized spacial score (nSPS) is 26.7. The Bertz CT molecular complexity index is 176. The zero-order valence-corrected chi connectivity index (χ0v) is 8.80. The molecule has 5 heteroatoms. The SMILES string of the molecule is CN(C)C(=O)CC1CNCC1O.Cl. The molecular formula is C8H17ClN2O2. The van der Waals surface area contributed by atoms with E-state index < -0.39 is 0 Å². The number of amides is 1. The monoisotopic (exact) mass is 208 g/mol. The van der Waals surface area contributed by atoms with Gasteiger partial charge in [0.15, 0.2) is 0 Å². The van der Waals surface area contributed by atoms with Crippen molar-refractivity contribution in [2.24, 2.45) is 5.92 Å². The van der Waals surface area contributed by atoms with Crippen LogP contribution in [-0.4, -0.2) is 49.2 Å². The zero-order valence-electron chi connectivity index (χ0n) is 7.99. The van der Waals surface area contributed by atoms with Gasteiger partial charge in [-0.25, -0.2) is 0 Å². The maximum atomic E-state index is 11.2. The van der Waals surface area contributed by atoms with Crippen LogP contribution in [-0.2, 0) is 4.79 Å². The lowest BCUT2D eigenvalue weighted by atomic mass is 10.0. The summed E-state index contributed by atoms with van der Waals surface area (Å²) >= 11 is 0. The van der Waals surface area contributed by atoms with Crippen LogP contribution in [0.5, 0.6) is 0 Å². The van der Waals surface area contributed by atoms with E-state index in [0.29, 0.717) is 13.0 Å². The first-order chi connectivity index (χ1) is 5.61. The lowest BCUT2D eigenvalue weighted by Crippen LogP contribution is -2.28. The largest absolute Gasteiger partial charge is 0.391 e. The summed E-state index contributed by atoms with van der Waals surface area (Å²) in [6.07, 6.45) is 0.0927. The van der Waals surface area contributed by atoms with E-state index in [1.54, 1.807) is 19.0 Å². The number of carbonyl (C=O) groups is 1. The summed E-state index contributed by atoms with van der Waals surface area (Å²) in [5, 5.41) is 12.4. The van der Waals surface area contributed by atoms with Gasteiger partial charge >= 0.3 is 0 Å². The lowest BCUT2D eigenvalue weighted by Gasteiger charge is -2.15. The average Bonchev–Trinajstić information content (AvgIpc) is 2.36. The van der Waals surface area contributed by atoms with Gasteiger partial charge in [0.25, 0.3) is 0 Å². The van der Waals surface area contributed by atoms with Crippen molar-refractivity contribution >= 4 is 18.3 Å². The predicted molar refractivity (Wildman–Crippen MR) is 52.9 cm³/mol. The summed E-state index contributed by atoms with van der Waals surface area (Å²) < 4.78 is 0. The third kappa shape index (κ3) is 3.50. The Morgan fingerprint density at radius 1 is 1.54 bits per heavy atom. The van der Waals surface area contributed by atoms with Gasteiger partial charge in [-0.3, -0.25) is 4.79 Å². The Morgan fingerprint density at radius 2 is 2.15 bits per heavy atom. The van der Waals surface area contributed by atoms with E-state index in [0.717, 1.165) is 6.54 Å². The molecule has 0 bridgehead atoms. The van der Waals surface area contributed by atoms with Gasteiger partial charge in [0.1, 0.15) is 0 Å². The highest BCUT2D eigenvalue weighted by Crippen LogP contribution is 2.13. The fraction of sp³-hybridized carbons (Fsp3) is 0.875. The summed E-state index contributed by atoms with van der Waals surface area (Å²) in [6, 6.07) is 0. The molecule has 0 aromatic rings. The van der Waals surface area contributed by atoms with E-state index in [1.165, 1.54) is 0 Å². The highest BCUT2D eigenvalue weighted by atomic mass is 35.5. The second-order valence-electron chi connectivity index (χ2n) is 3.48. The molecule has 1 heterocycles. The van der Waals surface area contributed by atoms with Crippen LogP contribution in [0.15, 0.2) is 0 Å². The predicted octanol–water partition coefficient (Wildman–Crippen LogP) is -0.533. The molecule has 1 rings (SSSR count). The molecule has 1 aliphatic rings. The molecule has 13 heavy (non-hydrogen) atoms. The van der Waals surface area contributed by atoms with Gasteiger partial charge in [-0.15, -0.1) is 12.4 Å². The third-order valence-corrected chi connectivity index (χ3v) is 2.24. The first-order valence-electron chi connectivity index (χ1n) is 4.20. The number of β-amino-alcohol motifs (C(OH)–C–C–N with tert-alkyl or cyclic N) is 1. The van der Waals surface area contributed by atoms with Crippen molar-refractivity contribution in [3.8, 4) is 0 Å². The molecule has 1 aliphatic heterocycles. The van der Waals surface area contributed by atoms with Gasteiger partial charge < -0.3 is 15.3 Å². The second-order valence-corrected chi connectivity index (χ2v) is 3.48. The van der Waals surface area contributed by atoms with Gasteiger partial charge in [0.05, 0.1) is 6.10 Å². The molecule has 0 aliphatic carbocycles. The van der Waals surface area contributed by atoms with E-state index in [-0.39, 0.29) is 30.3 Å². The van der Waals surface area contributed by atoms with Crippen LogP contribution in [0.25, 0.3) is 0 Å². The van der Waals surface area contributed by atoms with Gasteiger partial charge in [-0.05, 0) is 0 Å². The Kier molecular flexibility index (Phi) is 5.29. The number of carbonyl (C=O) groups excluding carboxylic acids is 1. The molecule has 4 nitrogen and oxygen atoms in total. The molecular weight excluding hydrogens is 192 g/mol. The molecule has 2 atom stereocenters. The molecule has 1 amide bonds. The molecule has 2 N–H and O–H groups in total. The van der Waals surface area contributed by atoms with E-state index in [9.17, 15) is 9.90 Å². The van der Waals surface area contributed by atoms with E-state index in [1.807, 2.05) is 0 Å². The summed E-state index contributed by atoms with van der Waals surface area (Å²) in [5.41, 5.74) is 0. The second kappa shape index (κ2) is 5.42. The molecule has 0 radical (unpaired) electrons. The molecule has 78 valence electrons. The number of hydrogen-bond donors (Lipinski definition) is 2. The van der Waals surface area contributed by atoms with Crippen molar-refractivity contribution in [1.82, 2.24) is 10.2 Å². The van der Waals surface area contributed by atoms with Crippen molar-refractivity contribution < 1.29 is 9.90 Å². The number of aliphatic hydroxyl groups is 1. The standard InChI is InChI=1S/C8H16N2O2.ClH/c1-10(2)8(12)3-6-4-9-5-7(6)11;/h6-7,9,11H,3-5H2,1-2H3;1H. The third-order valence-electron chi connectivity index (χ3n) is 2.24. The molecule has 1 saturated heterocycles. The molecule has 0 saturated carbocycles. The highest BCUT2D eigenvalue weighted by molar-refractivity contribution is 5.85. The minimum atomic E-state index is -0.353. The quantitative estimate of drug-likeness (QED) is 0.642. The number of nitrogens with one attached hydrogen (secondary N) is 1. The maximum Gasteiger partial charge on any atom is 0.222 e. The minimum Gasteiger partial charge on any atom is -0.391 e. The highest BCUT2D eigenvalue weighted by Gasteiger charge is 2.27. The summed E-state index contributed by atoms with van der Waals surface area (Å²) in [7, 11) is 3.47. The molecule has 2 unspecified atom stereocenters. The first kappa shape index (κ1) is 12.7. The first-order valence-corrected chi connectivity index (χ1v) is 4.20. The lowest BCUT2D eigenvalue weighted by molar-refractivity contribution is -0.130. The Balaban J connectivity index is 0.00000144. The van der Waals surface area contributed by atoms with Gasteiger partial charge in [0, 0.05) is 39.5 Å². The summed E-state index contributed by atoms with van der Waals surface area (Å²) in [4.78, 5) is 12.8. The fourth-order valence-corrected chi connectivity index (χ4v) is 1.33. The van der Waals surface area contributed by atoms with Gasteiger partial charge in [-0.1, -0.05) is 0 Å². The minimum absolute atomic E-state index is 0. The number of rotatable bonds is 2. The number of nitrogens with zero attached hydrogens (tertiary/aromatic N) is 1. The van der Waals surface area contributed by atoms with Crippen molar-refractivity contribution in [3.63, 3.8) is 0 Å². The maximum absolute atomic E-state index is 11.2. The Hall–Kier alpha value is -0.320. The summed E-state index contributed by atoms with van der Waals surface area (Å²) in [6.45, 7) is 1.37. The van der Waals surface area contributed by atoms with E-state index >= 15 is 0 Å². The van der Waals surface area contributed by atoms with Crippen molar-refractivity contribution in [3.05, 3.63) is 0 Å².